The van der Waals surface area contributed by atoms with Gasteiger partial charge < -0.3 is 16.4 Å². The maximum Gasteiger partial charge on any atom is 0.253 e. The third-order valence-electron chi connectivity index (χ3n) is 5.44. The lowest BCUT2D eigenvalue weighted by Crippen LogP contribution is -2.45. The number of rotatable bonds is 5. The van der Waals surface area contributed by atoms with Gasteiger partial charge >= 0.3 is 0 Å². The van der Waals surface area contributed by atoms with Crippen LogP contribution in [0.1, 0.15) is 48.5 Å². The first-order chi connectivity index (χ1) is 13.4. The minimum Gasteiger partial charge on any atom is -0.349 e. The van der Waals surface area contributed by atoms with Crippen molar-refractivity contribution in [3.8, 4) is 0 Å². The van der Waals surface area contributed by atoms with E-state index in [2.05, 4.69) is 21.7 Å². The van der Waals surface area contributed by atoms with Crippen molar-refractivity contribution in [2.24, 2.45) is 5.73 Å². The van der Waals surface area contributed by atoms with E-state index in [1.165, 1.54) is 18.7 Å². The van der Waals surface area contributed by atoms with Crippen LogP contribution in [0.25, 0.3) is 0 Å². The summed E-state index contributed by atoms with van der Waals surface area (Å²) >= 11 is 6.16. The standard InChI is InChI=1S/C21H25ClN4O2/c1-14(27)25-19-6-5-15(12-24-19)20(28)26-18-7-9-21(13-23,10-8-18)16-3-2-4-17(22)11-16/h2-6,11-12,18H,7-10,13,23H2,1H3,(H,26,28)(H,24,25,27). The van der Waals surface area contributed by atoms with Crippen LogP contribution in [0.2, 0.25) is 5.02 Å². The van der Waals surface area contributed by atoms with Crippen molar-refractivity contribution in [1.82, 2.24) is 10.3 Å². The van der Waals surface area contributed by atoms with Crippen LogP contribution < -0.4 is 16.4 Å². The van der Waals surface area contributed by atoms with Gasteiger partial charge in [-0.05, 0) is 55.5 Å². The van der Waals surface area contributed by atoms with Gasteiger partial charge in [-0.1, -0.05) is 23.7 Å². The molecule has 28 heavy (non-hydrogen) atoms. The number of pyridine rings is 1. The summed E-state index contributed by atoms with van der Waals surface area (Å²) in [6.45, 7) is 1.97. The maximum atomic E-state index is 12.5. The number of nitrogens with one attached hydrogen (secondary N) is 2. The van der Waals surface area contributed by atoms with Gasteiger partial charge in [-0.15, -0.1) is 0 Å². The fourth-order valence-corrected chi connectivity index (χ4v) is 3.99. The summed E-state index contributed by atoms with van der Waals surface area (Å²) in [5.41, 5.74) is 7.69. The summed E-state index contributed by atoms with van der Waals surface area (Å²) < 4.78 is 0. The number of hydrogen-bond donors (Lipinski definition) is 3. The van der Waals surface area contributed by atoms with E-state index in [1.807, 2.05) is 18.2 Å². The van der Waals surface area contributed by atoms with Crippen molar-refractivity contribution in [2.45, 2.75) is 44.1 Å². The Morgan fingerprint density at radius 2 is 2.00 bits per heavy atom. The van der Waals surface area contributed by atoms with Gasteiger partial charge in [0.1, 0.15) is 5.82 Å². The van der Waals surface area contributed by atoms with Crippen LogP contribution >= 0.6 is 11.6 Å². The number of amides is 2. The number of carbonyl (C=O) groups excluding carboxylic acids is 2. The van der Waals surface area contributed by atoms with Gasteiger partial charge in [-0.3, -0.25) is 9.59 Å². The molecular weight excluding hydrogens is 376 g/mol. The van der Waals surface area contributed by atoms with Crippen molar-refractivity contribution >= 4 is 29.2 Å². The second kappa shape index (κ2) is 8.71. The van der Waals surface area contributed by atoms with Crippen LogP contribution in [-0.4, -0.2) is 29.4 Å². The molecule has 1 heterocycles. The van der Waals surface area contributed by atoms with E-state index in [0.717, 1.165) is 30.7 Å². The summed E-state index contributed by atoms with van der Waals surface area (Å²) in [4.78, 5) is 27.7. The Morgan fingerprint density at radius 3 is 2.57 bits per heavy atom. The second-order valence-electron chi connectivity index (χ2n) is 7.36. The monoisotopic (exact) mass is 400 g/mol. The highest BCUT2D eigenvalue weighted by molar-refractivity contribution is 6.30. The molecule has 0 unspecified atom stereocenters. The van der Waals surface area contributed by atoms with Crippen molar-refractivity contribution in [3.05, 3.63) is 58.7 Å². The maximum absolute atomic E-state index is 12.5. The Hall–Kier alpha value is -2.44. The van der Waals surface area contributed by atoms with Crippen molar-refractivity contribution in [3.63, 3.8) is 0 Å². The van der Waals surface area contributed by atoms with E-state index in [9.17, 15) is 9.59 Å². The molecule has 2 amide bonds. The SMILES string of the molecule is CC(=O)Nc1ccc(C(=O)NC2CCC(CN)(c3cccc(Cl)c3)CC2)cn1. The molecule has 1 saturated carbocycles. The predicted octanol–water partition coefficient (Wildman–Crippen LogP) is 3.26. The molecule has 1 aromatic heterocycles. The Kier molecular flexibility index (Phi) is 6.31. The highest BCUT2D eigenvalue weighted by atomic mass is 35.5. The molecule has 0 atom stereocenters. The van der Waals surface area contributed by atoms with Gasteiger partial charge in [0.25, 0.3) is 5.91 Å². The molecule has 1 aliphatic rings. The number of nitrogens with two attached hydrogens (primary N) is 1. The third-order valence-corrected chi connectivity index (χ3v) is 5.67. The Bertz CT molecular complexity index is 846. The number of aromatic nitrogens is 1. The highest BCUT2D eigenvalue weighted by Gasteiger charge is 2.36. The normalized spacial score (nSPS) is 21.8. The van der Waals surface area contributed by atoms with E-state index >= 15 is 0 Å². The molecular formula is C21H25ClN4O2. The predicted molar refractivity (Wildman–Crippen MR) is 110 cm³/mol. The van der Waals surface area contributed by atoms with Crippen LogP contribution in [0.4, 0.5) is 5.82 Å². The Morgan fingerprint density at radius 1 is 1.25 bits per heavy atom. The zero-order valence-electron chi connectivity index (χ0n) is 15.9. The number of hydrogen-bond acceptors (Lipinski definition) is 4. The minimum absolute atomic E-state index is 0.0896. The van der Waals surface area contributed by atoms with Gasteiger partial charge in [0.15, 0.2) is 0 Å². The average molecular weight is 401 g/mol. The smallest absolute Gasteiger partial charge is 0.253 e. The van der Waals surface area contributed by atoms with Crippen molar-refractivity contribution < 1.29 is 9.59 Å². The summed E-state index contributed by atoms with van der Waals surface area (Å²) in [6.07, 6.45) is 4.97. The van der Waals surface area contributed by atoms with Crippen molar-refractivity contribution in [2.75, 3.05) is 11.9 Å². The van der Waals surface area contributed by atoms with Crippen LogP contribution in [0, 0.1) is 0 Å². The number of anilines is 1. The molecule has 6 nitrogen and oxygen atoms in total. The molecule has 0 radical (unpaired) electrons. The van der Waals surface area contributed by atoms with Gasteiger partial charge in [-0.25, -0.2) is 4.98 Å². The summed E-state index contributed by atoms with van der Waals surface area (Å²) in [7, 11) is 0. The zero-order valence-corrected chi connectivity index (χ0v) is 16.6. The molecule has 0 saturated heterocycles. The quantitative estimate of drug-likeness (QED) is 0.717. The van der Waals surface area contributed by atoms with Gasteiger partial charge in [0.2, 0.25) is 5.91 Å². The number of benzene rings is 1. The van der Waals surface area contributed by atoms with Crippen molar-refractivity contribution in [1.29, 1.82) is 0 Å². The first-order valence-electron chi connectivity index (χ1n) is 9.42. The largest absolute Gasteiger partial charge is 0.349 e. The molecule has 4 N–H and O–H groups in total. The van der Waals surface area contributed by atoms with Gasteiger partial charge in [0, 0.05) is 36.1 Å². The summed E-state index contributed by atoms with van der Waals surface area (Å²) in [6, 6.07) is 11.3. The number of halogens is 1. The third kappa shape index (κ3) is 4.69. The summed E-state index contributed by atoms with van der Waals surface area (Å²) in [5.74, 6) is 0.0702. The average Bonchev–Trinajstić information content (AvgIpc) is 2.69. The molecule has 1 aromatic carbocycles. The van der Waals surface area contributed by atoms with E-state index in [4.69, 9.17) is 17.3 Å². The zero-order chi connectivity index (χ0) is 20.1. The molecule has 0 spiro atoms. The Labute approximate surface area is 169 Å². The Balaban J connectivity index is 1.60. The van der Waals surface area contributed by atoms with Crippen LogP contribution in [0.3, 0.4) is 0 Å². The fraction of sp³-hybridized carbons (Fsp3) is 0.381. The first kappa shape index (κ1) is 20.3. The lowest BCUT2D eigenvalue weighted by Gasteiger charge is -2.40. The number of nitrogens with zero attached hydrogens (tertiary/aromatic N) is 1. The van der Waals surface area contributed by atoms with Crippen LogP contribution in [0.5, 0.6) is 0 Å². The minimum atomic E-state index is -0.199. The molecule has 3 rings (SSSR count). The number of carbonyl (C=O) groups is 2. The van der Waals surface area contributed by atoms with Gasteiger partial charge in [-0.2, -0.15) is 0 Å². The second-order valence-corrected chi connectivity index (χ2v) is 7.79. The molecule has 1 fully saturated rings. The molecule has 148 valence electrons. The van der Waals surface area contributed by atoms with E-state index in [1.54, 1.807) is 12.1 Å². The topological polar surface area (TPSA) is 97.1 Å². The molecule has 0 aliphatic heterocycles. The molecule has 1 aliphatic carbocycles. The van der Waals surface area contributed by atoms with E-state index in [0.29, 0.717) is 17.9 Å². The highest BCUT2D eigenvalue weighted by Crippen LogP contribution is 2.39. The molecule has 7 heteroatoms. The van der Waals surface area contributed by atoms with Gasteiger partial charge in [0.05, 0.1) is 5.56 Å². The lowest BCUT2D eigenvalue weighted by molar-refractivity contribution is -0.114. The van der Waals surface area contributed by atoms with E-state index in [-0.39, 0.29) is 23.3 Å². The molecule has 0 bridgehead atoms. The first-order valence-corrected chi connectivity index (χ1v) is 9.80. The summed E-state index contributed by atoms with van der Waals surface area (Å²) in [5, 5.41) is 6.39. The molecule has 2 aromatic rings. The van der Waals surface area contributed by atoms with E-state index < -0.39 is 0 Å². The van der Waals surface area contributed by atoms with Crippen LogP contribution in [0.15, 0.2) is 42.6 Å². The van der Waals surface area contributed by atoms with Crippen LogP contribution in [-0.2, 0) is 10.2 Å². The fourth-order valence-electron chi connectivity index (χ4n) is 3.79. The lowest BCUT2D eigenvalue weighted by atomic mass is 9.68.